The molecule has 1 amide bonds. The zero-order valence-corrected chi connectivity index (χ0v) is 19.7. The van der Waals surface area contributed by atoms with E-state index < -0.39 is 39.9 Å². The van der Waals surface area contributed by atoms with Gasteiger partial charge in [-0.3, -0.25) is 15.0 Å². The summed E-state index contributed by atoms with van der Waals surface area (Å²) in [6.07, 6.45) is -1.09. The van der Waals surface area contributed by atoms with Crippen LogP contribution in [0.5, 0.6) is 5.75 Å². The second-order valence-corrected chi connectivity index (χ2v) is 8.08. The van der Waals surface area contributed by atoms with E-state index in [1.54, 1.807) is 30.3 Å². The molecule has 2 aromatic carbocycles. The predicted octanol–water partition coefficient (Wildman–Crippen LogP) is 3.58. The van der Waals surface area contributed by atoms with E-state index >= 15 is 0 Å². The maximum Gasteiger partial charge on any atom is 0.420 e. The van der Waals surface area contributed by atoms with Crippen molar-refractivity contribution in [1.29, 1.82) is 0 Å². The number of carbonyl (C=O) groups is 3. The van der Waals surface area contributed by atoms with Crippen molar-refractivity contribution < 1.29 is 38.3 Å². The van der Waals surface area contributed by atoms with Gasteiger partial charge in [0, 0.05) is 24.3 Å². The number of hydrogen-bond donors (Lipinski definition) is 0. The number of nitro benzene ring substituents is 1. The Bertz CT molecular complexity index is 1320. The lowest BCUT2D eigenvalue weighted by Gasteiger charge is -2.40. The number of amides is 1. The summed E-state index contributed by atoms with van der Waals surface area (Å²) in [6, 6.07) is 13.5. The number of rotatable bonds is 5. The molecule has 0 saturated carbocycles. The fourth-order valence-corrected chi connectivity index (χ4v) is 4.11. The number of azo groups is 1. The molecule has 0 radical (unpaired) electrons. The van der Waals surface area contributed by atoms with Gasteiger partial charge in [0.1, 0.15) is 17.1 Å². The van der Waals surface area contributed by atoms with E-state index in [1.807, 2.05) is 0 Å². The van der Waals surface area contributed by atoms with E-state index in [-0.39, 0.29) is 17.0 Å². The second-order valence-electron chi connectivity index (χ2n) is 8.08. The van der Waals surface area contributed by atoms with Gasteiger partial charge in [0.05, 0.1) is 30.3 Å². The summed E-state index contributed by atoms with van der Waals surface area (Å²) < 4.78 is 15.2. The Labute approximate surface area is 204 Å². The number of esters is 2. The van der Waals surface area contributed by atoms with Gasteiger partial charge in [-0.2, -0.15) is 10.5 Å². The van der Waals surface area contributed by atoms with Crippen LogP contribution in [0.1, 0.15) is 13.8 Å². The Morgan fingerprint density at radius 1 is 1.00 bits per heavy atom. The molecule has 2 heterocycles. The zero-order valence-electron chi connectivity index (χ0n) is 19.7. The number of non-ortho nitro benzene ring substituents is 1. The molecule has 13 heteroatoms. The molecule has 0 aromatic heterocycles. The van der Waals surface area contributed by atoms with Gasteiger partial charge in [0.2, 0.25) is 5.69 Å². The highest BCUT2D eigenvalue weighted by atomic mass is 16.6. The minimum absolute atomic E-state index is 0.0403. The lowest BCUT2D eigenvalue weighted by atomic mass is 9.84. The molecule has 2 atom stereocenters. The molecule has 0 spiro atoms. The molecular formula is C23H21N5O8. The van der Waals surface area contributed by atoms with E-state index in [2.05, 4.69) is 10.5 Å². The van der Waals surface area contributed by atoms with Gasteiger partial charge >= 0.3 is 18.0 Å². The van der Waals surface area contributed by atoms with E-state index in [1.165, 1.54) is 30.8 Å². The number of nitrogens with zero attached hydrogens (tertiary/aromatic N) is 5. The van der Waals surface area contributed by atoms with Crippen molar-refractivity contribution in [2.45, 2.75) is 25.0 Å². The maximum absolute atomic E-state index is 13.5. The molecule has 0 saturated heterocycles. The van der Waals surface area contributed by atoms with Crippen molar-refractivity contribution in [3.63, 3.8) is 0 Å². The lowest BCUT2D eigenvalue weighted by Crippen LogP contribution is -2.55. The third kappa shape index (κ3) is 3.61. The fourth-order valence-electron chi connectivity index (χ4n) is 4.11. The van der Waals surface area contributed by atoms with Crippen LogP contribution in [0.3, 0.4) is 0 Å². The smallest absolute Gasteiger partial charge is 0.420 e. The Kier molecular flexibility index (Phi) is 5.92. The second kappa shape index (κ2) is 8.76. The topological polar surface area (TPSA) is 155 Å². The van der Waals surface area contributed by atoms with Crippen LogP contribution in [0.4, 0.5) is 16.2 Å². The number of para-hydroxylation sites is 1. The zero-order chi connectivity index (χ0) is 26.3. The summed E-state index contributed by atoms with van der Waals surface area (Å²) in [4.78, 5) is 51.8. The van der Waals surface area contributed by atoms with Gasteiger partial charge in [-0.05, 0) is 26.0 Å². The lowest BCUT2D eigenvalue weighted by molar-refractivity contribution is -0.457. The van der Waals surface area contributed by atoms with Crippen molar-refractivity contribution in [3.05, 3.63) is 81.4 Å². The molecule has 2 aliphatic heterocycles. The van der Waals surface area contributed by atoms with Crippen LogP contribution in [0.15, 0.2) is 71.0 Å². The molecule has 0 bridgehead atoms. The predicted molar refractivity (Wildman–Crippen MR) is 121 cm³/mol. The van der Waals surface area contributed by atoms with E-state index in [4.69, 9.17) is 14.2 Å². The normalized spacial score (nSPS) is 22.3. The summed E-state index contributed by atoms with van der Waals surface area (Å²) in [7, 11) is 2.22. The molecule has 13 nitrogen and oxygen atoms in total. The highest BCUT2D eigenvalue weighted by Crippen LogP contribution is 2.56. The van der Waals surface area contributed by atoms with Crippen molar-refractivity contribution >= 4 is 29.4 Å². The third-order valence-corrected chi connectivity index (χ3v) is 6.08. The van der Waals surface area contributed by atoms with Gasteiger partial charge in [0.15, 0.2) is 0 Å². The first-order valence-electron chi connectivity index (χ1n) is 10.6. The number of ether oxygens (including phenoxy) is 3. The first-order valence-corrected chi connectivity index (χ1v) is 10.6. The average Bonchev–Trinajstić information content (AvgIpc) is 3.25. The molecule has 186 valence electrons. The number of methoxy groups -OCH3 is 2. The average molecular weight is 495 g/mol. The fraction of sp³-hybridized carbons (Fsp3) is 0.261. The van der Waals surface area contributed by atoms with Gasteiger partial charge in [-0.25, -0.2) is 14.4 Å². The molecule has 0 aliphatic carbocycles. The number of hydrogen-bond acceptors (Lipinski definition) is 9. The SMILES string of the molecule is COC(=O)C1=C(C(=O)OC)[C@]2(C)N=[N+](c3ccccc3)[N-][C@]2(C)N1C(=O)Oc1ccc([N+](=O)[O-])cc1. The largest absolute Gasteiger partial charge is 0.466 e. The molecule has 4 rings (SSSR count). The van der Waals surface area contributed by atoms with Gasteiger partial charge in [-0.15, -0.1) is 4.81 Å². The van der Waals surface area contributed by atoms with Crippen molar-refractivity contribution in [2.24, 2.45) is 5.11 Å². The van der Waals surface area contributed by atoms with E-state index in [0.717, 1.165) is 31.3 Å². The molecule has 0 N–H and O–H groups in total. The van der Waals surface area contributed by atoms with Crippen LogP contribution in [0.2, 0.25) is 0 Å². The molecule has 2 aliphatic rings. The van der Waals surface area contributed by atoms with Crippen LogP contribution in [-0.4, -0.2) is 58.1 Å². The Hall–Kier alpha value is -4.81. The summed E-state index contributed by atoms with van der Waals surface area (Å²) in [5.74, 6) is -1.96. The maximum atomic E-state index is 13.5. The van der Waals surface area contributed by atoms with E-state index in [0.29, 0.717) is 5.69 Å². The van der Waals surface area contributed by atoms with Crippen LogP contribution < -0.4 is 4.74 Å². The summed E-state index contributed by atoms with van der Waals surface area (Å²) >= 11 is 0. The summed E-state index contributed by atoms with van der Waals surface area (Å²) in [5.41, 5.74) is 0.996. The van der Waals surface area contributed by atoms with Crippen molar-refractivity contribution in [1.82, 2.24) is 4.90 Å². The first kappa shape index (κ1) is 24.3. The van der Waals surface area contributed by atoms with Crippen LogP contribution in [0, 0.1) is 10.1 Å². The number of benzene rings is 2. The summed E-state index contributed by atoms with van der Waals surface area (Å²) in [5, 5.41) is 15.5. The quantitative estimate of drug-likeness (QED) is 0.264. The van der Waals surface area contributed by atoms with Crippen LogP contribution in [0.25, 0.3) is 5.43 Å². The highest BCUT2D eigenvalue weighted by molar-refractivity contribution is 6.06. The van der Waals surface area contributed by atoms with Gasteiger partial charge in [-0.1, -0.05) is 18.2 Å². The van der Waals surface area contributed by atoms with Crippen molar-refractivity contribution in [3.8, 4) is 5.75 Å². The highest BCUT2D eigenvalue weighted by Gasteiger charge is 2.66. The van der Waals surface area contributed by atoms with Gasteiger partial charge in [0.25, 0.3) is 5.69 Å². The summed E-state index contributed by atoms with van der Waals surface area (Å²) in [6.45, 7) is 3.04. The molecule has 36 heavy (non-hydrogen) atoms. The number of fused-ring (bicyclic) bond motifs is 1. The minimum Gasteiger partial charge on any atom is -0.466 e. The number of nitro groups is 1. The molecule has 2 aromatic rings. The Morgan fingerprint density at radius 2 is 1.61 bits per heavy atom. The monoisotopic (exact) mass is 495 g/mol. The van der Waals surface area contributed by atoms with Crippen LogP contribution >= 0.6 is 0 Å². The standard InChI is InChI=1S/C23H21N5O8/c1-22-17(19(29)34-3)18(20(30)35-4)26(21(31)36-16-12-10-15(11-13-16)28(32)33)23(22,2)25-27(24-22)14-8-6-5-7-9-14/h5-13H,1-4H3/t22-,23+/m0/s1. The molecule has 0 unspecified atom stereocenters. The Balaban J connectivity index is 1.84. The number of carbonyl (C=O) groups excluding carboxylic acids is 3. The third-order valence-electron chi connectivity index (χ3n) is 6.08. The molecule has 0 fully saturated rings. The molecular weight excluding hydrogens is 474 g/mol. The minimum atomic E-state index is -1.66. The van der Waals surface area contributed by atoms with Crippen molar-refractivity contribution in [2.75, 3.05) is 14.2 Å². The Morgan fingerprint density at radius 3 is 2.17 bits per heavy atom. The van der Waals surface area contributed by atoms with Crippen LogP contribution in [-0.2, 0) is 19.1 Å². The van der Waals surface area contributed by atoms with E-state index in [9.17, 15) is 24.5 Å². The first-order chi connectivity index (χ1) is 17.1. The van der Waals surface area contributed by atoms with Gasteiger partial charge < -0.3 is 14.2 Å².